The van der Waals surface area contributed by atoms with Crippen molar-refractivity contribution >= 4 is 5.82 Å². The summed E-state index contributed by atoms with van der Waals surface area (Å²) in [7, 11) is 0. The zero-order chi connectivity index (χ0) is 12.5. The first-order valence-corrected chi connectivity index (χ1v) is 3.70. The van der Waals surface area contributed by atoms with Crippen LogP contribution in [0.5, 0.6) is 5.75 Å². The highest BCUT2D eigenvalue weighted by molar-refractivity contribution is 5.44. The molecule has 1 aromatic heterocycles. The number of nitrogen functional groups attached to an aromatic ring is 1. The second-order valence-corrected chi connectivity index (χ2v) is 2.60. The van der Waals surface area contributed by atoms with Gasteiger partial charge in [-0.1, -0.05) is 0 Å². The Morgan fingerprint density at radius 3 is 2.31 bits per heavy atom. The molecule has 90 valence electrons. The van der Waals surface area contributed by atoms with Gasteiger partial charge in [0.15, 0.2) is 5.75 Å². The van der Waals surface area contributed by atoms with Gasteiger partial charge in [0.05, 0.1) is 5.56 Å². The molecule has 0 radical (unpaired) electrons. The van der Waals surface area contributed by atoms with E-state index in [1.807, 2.05) is 0 Å². The molecule has 3 nitrogen and oxygen atoms in total. The van der Waals surface area contributed by atoms with Gasteiger partial charge < -0.3 is 10.5 Å². The van der Waals surface area contributed by atoms with Crippen LogP contribution in [0.4, 0.5) is 32.2 Å². The molecular weight excluding hydrogens is 242 g/mol. The third-order valence-corrected chi connectivity index (χ3v) is 1.47. The predicted molar refractivity (Wildman–Crippen MR) is 40.2 cm³/mol. The molecule has 9 heteroatoms. The molecule has 1 aromatic rings. The first-order chi connectivity index (χ1) is 7.20. The standard InChI is InChI=1S/C7H4F6N2O/c8-4(9)2-1-3(16-7(11,12)13)5(10)15-6(2)14/h1,4H,(H2,14,15). The SMILES string of the molecule is Nc1nc(F)c(OC(F)(F)F)cc1C(F)F. The van der Waals surface area contributed by atoms with Crippen LogP contribution in [0.25, 0.3) is 0 Å². The van der Waals surface area contributed by atoms with Gasteiger partial charge in [0, 0.05) is 0 Å². The summed E-state index contributed by atoms with van der Waals surface area (Å²) < 4.78 is 75.5. The highest BCUT2D eigenvalue weighted by Crippen LogP contribution is 2.31. The third kappa shape index (κ3) is 2.91. The van der Waals surface area contributed by atoms with Crippen molar-refractivity contribution in [3.63, 3.8) is 0 Å². The van der Waals surface area contributed by atoms with E-state index in [2.05, 4.69) is 9.72 Å². The quantitative estimate of drug-likeness (QED) is 0.644. The van der Waals surface area contributed by atoms with E-state index >= 15 is 0 Å². The van der Waals surface area contributed by atoms with Crippen molar-refractivity contribution in [3.8, 4) is 5.75 Å². The normalized spacial score (nSPS) is 11.9. The number of alkyl halides is 5. The average Bonchev–Trinajstić information content (AvgIpc) is 2.07. The third-order valence-electron chi connectivity index (χ3n) is 1.47. The second kappa shape index (κ2) is 4.06. The van der Waals surface area contributed by atoms with E-state index in [1.165, 1.54) is 0 Å². The Labute approximate surface area is 84.8 Å². The molecule has 0 amide bonds. The summed E-state index contributed by atoms with van der Waals surface area (Å²) >= 11 is 0. The minimum Gasteiger partial charge on any atom is -0.401 e. The number of nitrogens with two attached hydrogens (primary N) is 1. The van der Waals surface area contributed by atoms with Gasteiger partial charge in [0.25, 0.3) is 12.4 Å². The molecule has 0 saturated heterocycles. The zero-order valence-electron chi connectivity index (χ0n) is 7.36. The molecular formula is C7H4F6N2O. The number of hydrogen-bond donors (Lipinski definition) is 1. The smallest absolute Gasteiger partial charge is 0.401 e. The van der Waals surface area contributed by atoms with Crippen molar-refractivity contribution in [1.29, 1.82) is 0 Å². The minimum absolute atomic E-state index is 0.163. The minimum atomic E-state index is -5.20. The van der Waals surface area contributed by atoms with E-state index in [0.29, 0.717) is 0 Å². The van der Waals surface area contributed by atoms with E-state index in [4.69, 9.17) is 5.73 Å². The van der Waals surface area contributed by atoms with E-state index in [1.54, 1.807) is 0 Å². The lowest BCUT2D eigenvalue weighted by atomic mass is 10.2. The Balaban J connectivity index is 3.15. The van der Waals surface area contributed by atoms with Crippen molar-refractivity contribution in [2.24, 2.45) is 0 Å². The molecule has 0 aliphatic rings. The Hall–Kier alpha value is -1.67. The van der Waals surface area contributed by atoms with E-state index in [9.17, 15) is 26.3 Å². The fourth-order valence-corrected chi connectivity index (χ4v) is 0.871. The first-order valence-electron chi connectivity index (χ1n) is 3.70. The summed E-state index contributed by atoms with van der Waals surface area (Å²) in [6.07, 6.45) is -8.37. The number of aromatic nitrogens is 1. The molecule has 0 bridgehead atoms. The Kier molecular flexibility index (Phi) is 3.15. The predicted octanol–water partition coefficient (Wildman–Crippen LogP) is 2.64. The van der Waals surface area contributed by atoms with Crippen LogP contribution in [0.1, 0.15) is 12.0 Å². The van der Waals surface area contributed by atoms with E-state index < -0.39 is 35.9 Å². The molecule has 0 aliphatic heterocycles. The van der Waals surface area contributed by atoms with Crippen molar-refractivity contribution in [2.45, 2.75) is 12.8 Å². The second-order valence-electron chi connectivity index (χ2n) is 2.60. The molecule has 0 spiro atoms. The van der Waals surface area contributed by atoms with Crippen LogP contribution in [0.2, 0.25) is 0 Å². The fourth-order valence-electron chi connectivity index (χ4n) is 0.871. The number of nitrogens with zero attached hydrogens (tertiary/aromatic N) is 1. The van der Waals surface area contributed by atoms with Crippen LogP contribution in [-0.4, -0.2) is 11.3 Å². The van der Waals surface area contributed by atoms with Crippen molar-refractivity contribution in [3.05, 3.63) is 17.6 Å². The monoisotopic (exact) mass is 246 g/mol. The molecule has 16 heavy (non-hydrogen) atoms. The van der Waals surface area contributed by atoms with Gasteiger partial charge in [-0.2, -0.15) is 9.37 Å². The number of rotatable bonds is 2. The van der Waals surface area contributed by atoms with Crippen molar-refractivity contribution in [2.75, 3.05) is 5.73 Å². The van der Waals surface area contributed by atoms with Crippen LogP contribution in [-0.2, 0) is 0 Å². The van der Waals surface area contributed by atoms with Gasteiger partial charge in [0.1, 0.15) is 5.82 Å². The lowest BCUT2D eigenvalue weighted by Gasteiger charge is -2.11. The van der Waals surface area contributed by atoms with Gasteiger partial charge >= 0.3 is 6.36 Å². The Bertz CT molecular complexity index is 391. The summed E-state index contributed by atoms with van der Waals surface area (Å²) in [6.45, 7) is 0. The van der Waals surface area contributed by atoms with Crippen LogP contribution >= 0.6 is 0 Å². The van der Waals surface area contributed by atoms with Gasteiger partial charge in [-0.05, 0) is 6.07 Å². The molecule has 0 unspecified atom stereocenters. The number of anilines is 1. The molecule has 1 rings (SSSR count). The molecule has 0 aromatic carbocycles. The van der Waals surface area contributed by atoms with Crippen LogP contribution in [0, 0.1) is 5.95 Å². The molecule has 2 N–H and O–H groups in total. The summed E-state index contributed by atoms with van der Waals surface area (Å²) in [5.41, 5.74) is 3.86. The zero-order valence-corrected chi connectivity index (χ0v) is 7.36. The number of ether oxygens (including phenoxy) is 1. The Morgan fingerprint density at radius 2 is 1.88 bits per heavy atom. The van der Waals surface area contributed by atoms with Crippen LogP contribution in [0.15, 0.2) is 6.07 Å². The van der Waals surface area contributed by atoms with E-state index in [0.717, 1.165) is 0 Å². The summed E-state index contributed by atoms with van der Waals surface area (Å²) in [5.74, 6) is -4.04. The van der Waals surface area contributed by atoms with Crippen LogP contribution < -0.4 is 10.5 Å². The highest BCUT2D eigenvalue weighted by atomic mass is 19.4. The maximum atomic E-state index is 12.8. The van der Waals surface area contributed by atoms with Crippen molar-refractivity contribution < 1.29 is 31.1 Å². The Morgan fingerprint density at radius 1 is 1.31 bits per heavy atom. The van der Waals surface area contributed by atoms with Crippen molar-refractivity contribution in [1.82, 2.24) is 4.98 Å². The number of halogens is 6. The maximum Gasteiger partial charge on any atom is 0.573 e. The molecule has 0 aliphatic carbocycles. The lowest BCUT2D eigenvalue weighted by Crippen LogP contribution is -2.19. The van der Waals surface area contributed by atoms with Gasteiger partial charge in [-0.15, -0.1) is 13.2 Å². The number of hydrogen-bond acceptors (Lipinski definition) is 3. The summed E-state index contributed by atoms with van der Waals surface area (Å²) in [5, 5.41) is 0. The highest BCUT2D eigenvalue weighted by Gasteiger charge is 2.33. The summed E-state index contributed by atoms with van der Waals surface area (Å²) in [6, 6.07) is 0.163. The van der Waals surface area contributed by atoms with E-state index in [-0.39, 0.29) is 6.07 Å². The number of pyridine rings is 1. The molecule has 0 atom stereocenters. The average molecular weight is 246 g/mol. The van der Waals surface area contributed by atoms with Crippen LogP contribution in [0.3, 0.4) is 0 Å². The summed E-state index contributed by atoms with van der Waals surface area (Å²) in [4.78, 5) is 2.69. The fraction of sp³-hybridized carbons (Fsp3) is 0.286. The lowest BCUT2D eigenvalue weighted by molar-refractivity contribution is -0.275. The topological polar surface area (TPSA) is 48.1 Å². The first kappa shape index (κ1) is 12.4. The van der Waals surface area contributed by atoms with Gasteiger partial charge in [-0.25, -0.2) is 8.78 Å². The molecule has 0 saturated carbocycles. The molecule has 0 fully saturated rings. The van der Waals surface area contributed by atoms with Gasteiger partial charge in [0.2, 0.25) is 0 Å². The molecule has 1 heterocycles. The maximum absolute atomic E-state index is 12.8. The largest absolute Gasteiger partial charge is 0.573 e. The van der Waals surface area contributed by atoms with Gasteiger partial charge in [-0.3, -0.25) is 0 Å².